The van der Waals surface area contributed by atoms with Crippen LogP contribution in [0.5, 0.6) is 0 Å². The highest BCUT2D eigenvalue weighted by Gasteiger charge is 2.57. The molecule has 1 N–H and O–H groups in total. The molecule has 0 heterocycles. The first-order chi connectivity index (χ1) is 11.7. The maximum Gasteiger partial charge on any atom is 0.240 e. The predicted molar refractivity (Wildman–Crippen MR) is 94.3 cm³/mol. The molecular weight excluding hydrogens is 300 g/mol. The Morgan fingerprint density at radius 1 is 1.00 bits per heavy atom. The highest BCUT2D eigenvalue weighted by atomic mass is 16.2. The lowest BCUT2D eigenvalue weighted by molar-refractivity contribution is -0.142. The Balaban J connectivity index is 1.71. The Bertz CT molecular complexity index is 709. The maximum absolute atomic E-state index is 13.0. The van der Waals surface area contributed by atoms with Crippen LogP contribution in [-0.4, -0.2) is 23.3 Å². The molecule has 124 valence electrons. The van der Waals surface area contributed by atoms with E-state index in [0.717, 1.165) is 11.3 Å². The summed E-state index contributed by atoms with van der Waals surface area (Å²) >= 11 is 0. The number of hydrogen-bond donors (Lipinski definition) is 1. The van der Waals surface area contributed by atoms with Crippen molar-refractivity contribution in [2.24, 2.45) is 5.41 Å². The Hall–Kier alpha value is -2.62. The van der Waals surface area contributed by atoms with Gasteiger partial charge in [0, 0.05) is 18.8 Å². The molecule has 0 atom stereocenters. The highest BCUT2D eigenvalue weighted by Crippen LogP contribution is 2.48. The minimum Gasteiger partial charge on any atom is -0.338 e. The average Bonchev–Trinajstić information content (AvgIpc) is 3.43. The third kappa shape index (κ3) is 3.32. The zero-order chi connectivity index (χ0) is 17.0. The third-order valence-electron chi connectivity index (χ3n) is 4.51. The number of nitrogens with zero attached hydrogens (tertiary/aromatic N) is 1. The van der Waals surface area contributed by atoms with Crippen LogP contribution in [0.3, 0.4) is 0 Å². The second-order valence-electron chi connectivity index (χ2n) is 6.21. The van der Waals surface area contributed by atoms with E-state index in [2.05, 4.69) is 5.32 Å². The van der Waals surface area contributed by atoms with Crippen LogP contribution in [0, 0.1) is 5.41 Å². The molecule has 24 heavy (non-hydrogen) atoms. The first-order valence-electron chi connectivity index (χ1n) is 8.35. The van der Waals surface area contributed by atoms with Crippen molar-refractivity contribution in [2.45, 2.75) is 26.3 Å². The normalized spacial score (nSPS) is 14.7. The average molecular weight is 322 g/mol. The molecule has 2 aromatic carbocycles. The molecule has 0 aliphatic heterocycles. The molecule has 0 spiro atoms. The molecule has 1 aliphatic rings. The Kier molecular flexibility index (Phi) is 4.65. The number of para-hydroxylation sites is 1. The summed E-state index contributed by atoms with van der Waals surface area (Å²) in [6.45, 7) is 3.08. The van der Waals surface area contributed by atoms with Gasteiger partial charge in [0.1, 0.15) is 5.41 Å². The van der Waals surface area contributed by atoms with E-state index in [0.29, 0.717) is 25.9 Å². The molecule has 0 saturated heterocycles. The third-order valence-corrected chi connectivity index (χ3v) is 4.51. The molecule has 1 aliphatic carbocycles. The van der Waals surface area contributed by atoms with E-state index in [4.69, 9.17) is 0 Å². The van der Waals surface area contributed by atoms with Crippen molar-refractivity contribution in [3.05, 3.63) is 66.2 Å². The van der Waals surface area contributed by atoms with Crippen LogP contribution in [0.2, 0.25) is 0 Å². The number of nitrogens with one attached hydrogen (secondary N) is 1. The Labute approximate surface area is 142 Å². The molecule has 4 nitrogen and oxygen atoms in total. The van der Waals surface area contributed by atoms with Crippen molar-refractivity contribution in [1.29, 1.82) is 0 Å². The van der Waals surface area contributed by atoms with Crippen LogP contribution in [0.1, 0.15) is 25.3 Å². The van der Waals surface area contributed by atoms with Gasteiger partial charge in [-0.05, 0) is 37.5 Å². The second-order valence-corrected chi connectivity index (χ2v) is 6.21. The zero-order valence-corrected chi connectivity index (χ0v) is 13.9. The fourth-order valence-electron chi connectivity index (χ4n) is 2.87. The molecule has 2 amide bonds. The molecule has 3 rings (SSSR count). The van der Waals surface area contributed by atoms with Gasteiger partial charge in [0.15, 0.2) is 0 Å². The van der Waals surface area contributed by atoms with Crippen molar-refractivity contribution in [3.8, 4) is 0 Å². The number of hydrogen-bond acceptors (Lipinski definition) is 2. The first kappa shape index (κ1) is 16.2. The van der Waals surface area contributed by atoms with Gasteiger partial charge in [0.05, 0.1) is 0 Å². The quantitative estimate of drug-likeness (QED) is 0.828. The standard InChI is InChI=1S/C20H22N2O2/c1-2-22(15-16-9-5-3-6-10-16)19(24)20(13-14-20)18(23)21-17-11-7-4-8-12-17/h3-12H,2,13-15H2,1H3,(H,21,23). The molecule has 1 saturated carbocycles. The Morgan fingerprint density at radius 3 is 2.12 bits per heavy atom. The largest absolute Gasteiger partial charge is 0.338 e. The van der Waals surface area contributed by atoms with Gasteiger partial charge in [-0.1, -0.05) is 48.5 Å². The molecule has 1 fully saturated rings. The summed E-state index contributed by atoms with van der Waals surface area (Å²) in [5, 5.41) is 2.88. The summed E-state index contributed by atoms with van der Waals surface area (Å²) < 4.78 is 0. The molecule has 2 aromatic rings. The van der Waals surface area contributed by atoms with Gasteiger partial charge in [-0.15, -0.1) is 0 Å². The smallest absolute Gasteiger partial charge is 0.240 e. The topological polar surface area (TPSA) is 49.4 Å². The summed E-state index contributed by atoms with van der Waals surface area (Å²) in [7, 11) is 0. The number of anilines is 1. The molecule has 0 aromatic heterocycles. The van der Waals surface area contributed by atoms with Gasteiger partial charge < -0.3 is 10.2 Å². The molecular formula is C20H22N2O2. The molecule has 0 bridgehead atoms. The van der Waals surface area contributed by atoms with Gasteiger partial charge in [-0.3, -0.25) is 9.59 Å². The minimum atomic E-state index is -0.888. The van der Waals surface area contributed by atoms with Gasteiger partial charge in [0.25, 0.3) is 0 Å². The van der Waals surface area contributed by atoms with Crippen molar-refractivity contribution in [2.75, 3.05) is 11.9 Å². The van der Waals surface area contributed by atoms with Gasteiger partial charge in [-0.25, -0.2) is 0 Å². The van der Waals surface area contributed by atoms with Gasteiger partial charge in [0.2, 0.25) is 11.8 Å². The van der Waals surface area contributed by atoms with Crippen molar-refractivity contribution in [1.82, 2.24) is 4.90 Å². The number of rotatable bonds is 6. The van der Waals surface area contributed by atoms with Gasteiger partial charge >= 0.3 is 0 Å². The second kappa shape index (κ2) is 6.87. The van der Waals surface area contributed by atoms with Crippen LogP contribution in [0.25, 0.3) is 0 Å². The zero-order valence-electron chi connectivity index (χ0n) is 13.9. The van der Waals surface area contributed by atoms with Gasteiger partial charge in [-0.2, -0.15) is 0 Å². The number of amides is 2. The first-order valence-corrected chi connectivity index (χ1v) is 8.35. The number of carbonyl (C=O) groups excluding carboxylic acids is 2. The summed E-state index contributed by atoms with van der Waals surface area (Å²) in [4.78, 5) is 27.4. The summed E-state index contributed by atoms with van der Waals surface area (Å²) in [6.07, 6.45) is 1.24. The van der Waals surface area contributed by atoms with E-state index < -0.39 is 5.41 Å². The monoisotopic (exact) mass is 322 g/mol. The summed E-state index contributed by atoms with van der Waals surface area (Å²) in [5.41, 5.74) is 0.917. The van der Waals surface area contributed by atoms with Crippen LogP contribution < -0.4 is 5.32 Å². The molecule has 0 radical (unpaired) electrons. The van der Waals surface area contributed by atoms with Crippen molar-refractivity contribution in [3.63, 3.8) is 0 Å². The number of benzene rings is 2. The van der Waals surface area contributed by atoms with E-state index in [-0.39, 0.29) is 11.8 Å². The SMILES string of the molecule is CCN(Cc1ccccc1)C(=O)C1(C(=O)Nc2ccccc2)CC1. The van der Waals surface area contributed by atoms with Crippen molar-refractivity contribution >= 4 is 17.5 Å². The summed E-state index contributed by atoms with van der Waals surface area (Å²) in [5.74, 6) is -0.257. The van der Waals surface area contributed by atoms with E-state index in [1.807, 2.05) is 67.6 Å². The van der Waals surface area contributed by atoms with E-state index >= 15 is 0 Å². The minimum absolute atomic E-state index is 0.0673. The predicted octanol–water partition coefficient (Wildman–Crippen LogP) is 3.45. The van der Waals surface area contributed by atoms with E-state index in [1.165, 1.54) is 0 Å². The van der Waals surface area contributed by atoms with Crippen LogP contribution in [0.4, 0.5) is 5.69 Å². The fraction of sp³-hybridized carbons (Fsp3) is 0.300. The highest BCUT2D eigenvalue weighted by molar-refractivity contribution is 6.13. The maximum atomic E-state index is 13.0. The summed E-state index contributed by atoms with van der Waals surface area (Å²) in [6, 6.07) is 19.2. The lowest BCUT2D eigenvalue weighted by Crippen LogP contribution is -2.42. The van der Waals surface area contributed by atoms with Crippen LogP contribution in [-0.2, 0) is 16.1 Å². The molecule has 4 heteroatoms. The lowest BCUT2D eigenvalue weighted by Gasteiger charge is -2.26. The van der Waals surface area contributed by atoms with E-state index in [1.54, 1.807) is 4.90 Å². The Morgan fingerprint density at radius 2 is 1.58 bits per heavy atom. The van der Waals surface area contributed by atoms with E-state index in [9.17, 15) is 9.59 Å². The number of carbonyl (C=O) groups is 2. The van der Waals surface area contributed by atoms with Crippen molar-refractivity contribution < 1.29 is 9.59 Å². The van der Waals surface area contributed by atoms with Crippen LogP contribution in [0.15, 0.2) is 60.7 Å². The van der Waals surface area contributed by atoms with Crippen LogP contribution >= 0.6 is 0 Å². The lowest BCUT2D eigenvalue weighted by atomic mass is 10.0. The fourth-order valence-corrected chi connectivity index (χ4v) is 2.87. The molecule has 0 unspecified atom stereocenters.